The molecule has 1 aliphatic heterocycles. The molecule has 0 fully saturated rings. The molecule has 0 saturated carbocycles. The fraction of sp³-hybridized carbons (Fsp3) is 0.269. The molecule has 0 saturated heterocycles. The maximum Gasteiger partial charge on any atom is 0.333 e. The molecule has 0 bridgehead atoms. The quantitative estimate of drug-likeness (QED) is 0.617. The molecule has 1 unspecified atom stereocenters. The minimum atomic E-state index is -0.807. The Balaban J connectivity index is 2.03. The standard InChI is InChI=1S/C26H29N2O/c1-27(2)18-19-28(3)20-21-12-10-11-17-24(21)26(25(28)29,22-13-6-4-7-14-22)23-15-8-5-9-16-23/h4-17H,18-20H2,1-3H3/q+1. The van der Waals surface area contributed by atoms with Gasteiger partial charge in [-0.25, -0.2) is 4.79 Å². The van der Waals surface area contributed by atoms with Gasteiger partial charge in [-0.2, -0.15) is 0 Å². The van der Waals surface area contributed by atoms with E-state index in [4.69, 9.17) is 0 Å². The maximum atomic E-state index is 14.5. The number of hydrogen-bond donors (Lipinski definition) is 0. The molecule has 1 atom stereocenters. The Kier molecular flexibility index (Phi) is 5.12. The summed E-state index contributed by atoms with van der Waals surface area (Å²) in [5.74, 6) is 0.246. The average Bonchev–Trinajstić information content (AvgIpc) is 2.75. The lowest BCUT2D eigenvalue weighted by atomic mass is 9.64. The molecule has 0 spiro atoms. The van der Waals surface area contributed by atoms with E-state index in [0.29, 0.717) is 4.48 Å². The number of amides is 1. The minimum absolute atomic E-state index is 0.246. The van der Waals surface area contributed by atoms with Gasteiger partial charge in [-0.05, 0) is 30.8 Å². The van der Waals surface area contributed by atoms with Gasteiger partial charge in [-0.3, -0.25) is 4.48 Å². The average molecular weight is 386 g/mol. The molecule has 4 rings (SSSR count). The Morgan fingerprint density at radius 3 is 1.90 bits per heavy atom. The van der Waals surface area contributed by atoms with Crippen LogP contribution in [0.1, 0.15) is 22.3 Å². The van der Waals surface area contributed by atoms with Gasteiger partial charge in [-0.1, -0.05) is 84.9 Å². The molecule has 148 valence electrons. The molecule has 0 radical (unpaired) electrons. The molecule has 0 N–H and O–H groups in total. The lowest BCUT2D eigenvalue weighted by molar-refractivity contribution is -0.851. The Bertz CT molecular complexity index is 958. The van der Waals surface area contributed by atoms with Gasteiger partial charge < -0.3 is 4.90 Å². The van der Waals surface area contributed by atoms with E-state index in [-0.39, 0.29) is 5.91 Å². The molecule has 3 heteroatoms. The number of hydrogen-bond acceptors (Lipinski definition) is 2. The second kappa shape index (κ2) is 7.58. The summed E-state index contributed by atoms with van der Waals surface area (Å²) in [4.78, 5) is 16.7. The third-order valence-corrected chi connectivity index (χ3v) is 6.21. The number of rotatable bonds is 5. The summed E-state index contributed by atoms with van der Waals surface area (Å²) in [5, 5.41) is 0. The highest BCUT2D eigenvalue weighted by Crippen LogP contribution is 2.47. The lowest BCUT2D eigenvalue weighted by Crippen LogP contribution is -2.63. The first-order valence-corrected chi connectivity index (χ1v) is 10.2. The fourth-order valence-corrected chi connectivity index (χ4v) is 4.69. The van der Waals surface area contributed by atoms with Gasteiger partial charge in [0, 0.05) is 12.1 Å². The molecule has 0 aromatic heterocycles. The van der Waals surface area contributed by atoms with Crippen molar-refractivity contribution >= 4 is 5.91 Å². The zero-order valence-electron chi connectivity index (χ0n) is 17.5. The number of carbonyl (C=O) groups is 1. The first-order valence-electron chi connectivity index (χ1n) is 10.2. The zero-order chi connectivity index (χ0) is 20.5. The van der Waals surface area contributed by atoms with Crippen LogP contribution in [0.4, 0.5) is 0 Å². The smallest absolute Gasteiger partial charge is 0.304 e. The van der Waals surface area contributed by atoms with Crippen LogP contribution in [-0.2, 0) is 16.8 Å². The predicted octanol–water partition coefficient (Wildman–Crippen LogP) is 4.07. The number of likely N-dealkylation sites (N-methyl/N-ethyl adjacent to an activating group) is 2. The Labute approximate surface area is 173 Å². The number of carbonyl (C=O) groups excluding carboxylic acids is 1. The summed E-state index contributed by atoms with van der Waals surface area (Å²) in [6.07, 6.45) is 0. The summed E-state index contributed by atoms with van der Waals surface area (Å²) >= 11 is 0. The molecule has 0 aliphatic carbocycles. The third kappa shape index (κ3) is 3.21. The van der Waals surface area contributed by atoms with Gasteiger partial charge in [0.15, 0.2) is 5.41 Å². The van der Waals surface area contributed by atoms with E-state index in [1.54, 1.807) is 0 Å². The van der Waals surface area contributed by atoms with Crippen molar-refractivity contribution in [1.29, 1.82) is 0 Å². The molecule has 3 nitrogen and oxygen atoms in total. The molecule has 1 aliphatic rings. The van der Waals surface area contributed by atoms with Crippen LogP contribution in [0.25, 0.3) is 0 Å². The summed E-state index contributed by atoms with van der Waals surface area (Å²) in [7, 11) is 6.23. The van der Waals surface area contributed by atoms with Gasteiger partial charge in [0.1, 0.15) is 6.54 Å². The molecule has 3 aromatic carbocycles. The number of fused-ring (bicyclic) bond motifs is 1. The first kappa shape index (κ1) is 19.6. The van der Waals surface area contributed by atoms with Gasteiger partial charge in [0.25, 0.3) is 0 Å². The second-order valence-corrected chi connectivity index (χ2v) is 8.53. The van der Waals surface area contributed by atoms with Crippen LogP contribution in [0.5, 0.6) is 0 Å². The largest absolute Gasteiger partial charge is 0.333 e. The van der Waals surface area contributed by atoms with Crippen molar-refractivity contribution in [2.45, 2.75) is 12.0 Å². The van der Waals surface area contributed by atoms with E-state index in [2.05, 4.69) is 74.6 Å². The Hall–Kier alpha value is -2.75. The van der Waals surface area contributed by atoms with E-state index in [1.807, 2.05) is 36.4 Å². The fourth-order valence-electron chi connectivity index (χ4n) is 4.69. The van der Waals surface area contributed by atoms with E-state index in [0.717, 1.165) is 36.3 Å². The SMILES string of the molecule is CN(C)CC[N+]1(C)Cc2ccccc2C(c2ccccc2)(c2ccccc2)C1=O. The van der Waals surface area contributed by atoms with Gasteiger partial charge in [-0.15, -0.1) is 0 Å². The number of quaternary nitrogens is 1. The highest BCUT2D eigenvalue weighted by atomic mass is 16.2. The minimum Gasteiger partial charge on any atom is -0.304 e. The summed E-state index contributed by atoms with van der Waals surface area (Å²) < 4.78 is 0.388. The topological polar surface area (TPSA) is 20.3 Å². The molecular weight excluding hydrogens is 356 g/mol. The van der Waals surface area contributed by atoms with Crippen molar-refractivity contribution in [2.75, 3.05) is 34.2 Å². The van der Waals surface area contributed by atoms with E-state index in [9.17, 15) is 4.79 Å². The number of nitrogens with zero attached hydrogens (tertiary/aromatic N) is 2. The maximum absolute atomic E-state index is 14.5. The molecule has 1 heterocycles. The zero-order valence-corrected chi connectivity index (χ0v) is 17.5. The van der Waals surface area contributed by atoms with Crippen molar-refractivity contribution in [3.63, 3.8) is 0 Å². The number of benzene rings is 3. The van der Waals surface area contributed by atoms with Crippen LogP contribution in [0.3, 0.4) is 0 Å². The summed E-state index contributed by atoms with van der Waals surface area (Å²) in [6.45, 7) is 2.37. The lowest BCUT2D eigenvalue weighted by Gasteiger charge is -2.47. The first-order chi connectivity index (χ1) is 14.0. The van der Waals surface area contributed by atoms with Gasteiger partial charge in [0.2, 0.25) is 0 Å². The van der Waals surface area contributed by atoms with Crippen LogP contribution in [0.15, 0.2) is 84.9 Å². The highest BCUT2D eigenvalue weighted by molar-refractivity contribution is 5.93. The van der Waals surface area contributed by atoms with Crippen LogP contribution in [0, 0.1) is 0 Å². The summed E-state index contributed by atoms with van der Waals surface area (Å²) in [6, 6.07) is 29.1. The van der Waals surface area contributed by atoms with Crippen molar-refractivity contribution in [3.05, 3.63) is 107 Å². The second-order valence-electron chi connectivity index (χ2n) is 8.53. The van der Waals surface area contributed by atoms with Crippen LogP contribution >= 0.6 is 0 Å². The van der Waals surface area contributed by atoms with E-state index >= 15 is 0 Å². The Morgan fingerprint density at radius 2 is 1.34 bits per heavy atom. The van der Waals surface area contributed by atoms with Crippen LogP contribution < -0.4 is 0 Å². The predicted molar refractivity (Wildman–Crippen MR) is 118 cm³/mol. The monoisotopic (exact) mass is 385 g/mol. The molecule has 3 aromatic rings. The summed E-state index contributed by atoms with van der Waals surface area (Å²) in [5.41, 5.74) is 3.64. The Morgan fingerprint density at radius 1 is 0.828 bits per heavy atom. The van der Waals surface area contributed by atoms with Crippen LogP contribution in [-0.4, -0.2) is 49.5 Å². The van der Waals surface area contributed by atoms with Crippen molar-refractivity contribution < 1.29 is 9.28 Å². The van der Waals surface area contributed by atoms with E-state index < -0.39 is 5.41 Å². The normalized spacial score (nSPS) is 20.5. The van der Waals surface area contributed by atoms with E-state index in [1.165, 1.54) is 5.56 Å². The van der Waals surface area contributed by atoms with Crippen molar-refractivity contribution in [1.82, 2.24) is 4.90 Å². The van der Waals surface area contributed by atoms with Crippen LogP contribution in [0.2, 0.25) is 0 Å². The van der Waals surface area contributed by atoms with Gasteiger partial charge in [0.05, 0.1) is 13.6 Å². The third-order valence-electron chi connectivity index (χ3n) is 6.21. The van der Waals surface area contributed by atoms with Gasteiger partial charge >= 0.3 is 5.91 Å². The molecule has 29 heavy (non-hydrogen) atoms. The van der Waals surface area contributed by atoms with Crippen molar-refractivity contribution in [2.24, 2.45) is 0 Å². The molecule has 1 amide bonds. The van der Waals surface area contributed by atoms with Crippen molar-refractivity contribution in [3.8, 4) is 0 Å². The highest BCUT2D eigenvalue weighted by Gasteiger charge is 2.57. The molecular formula is C26H29N2O+.